The molecule has 2 N–H and O–H groups in total. The molecule has 0 aliphatic carbocycles. The van der Waals surface area contributed by atoms with Crippen LogP contribution in [0.25, 0.3) is 0 Å². The number of hydrogen-bond donors (Lipinski definition) is 2. The number of aliphatic hydroxyl groups is 1. The Balaban J connectivity index is 1.51. The maximum Gasteiger partial charge on any atom is 0.303 e. The molecule has 166 valence electrons. The number of aliphatic carboxylic acids is 1. The van der Waals surface area contributed by atoms with Crippen molar-refractivity contribution < 1.29 is 19.8 Å². The fraction of sp³-hybridized carbons (Fsp3) is 0.440. The molecule has 1 aromatic heterocycles. The van der Waals surface area contributed by atoms with Gasteiger partial charge in [0, 0.05) is 38.3 Å². The van der Waals surface area contributed by atoms with Gasteiger partial charge in [-0.1, -0.05) is 49.3 Å². The van der Waals surface area contributed by atoms with E-state index in [0.717, 1.165) is 43.4 Å². The summed E-state index contributed by atoms with van der Waals surface area (Å²) in [5.41, 5.74) is 1.97. The van der Waals surface area contributed by atoms with Crippen molar-refractivity contribution in [1.82, 2.24) is 9.47 Å². The number of likely N-dealkylation sites (tertiary alicyclic amines) is 1. The monoisotopic (exact) mass is 424 g/mol. The Hall–Kier alpha value is -2.86. The molecule has 6 nitrogen and oxygen atoms in total. The van der Waals surface area contributed by atoms with E-state index in [1.807, 2.05) is 59.8 Å². The van der Waals surface area contributed by atoms with E-state index in [1.54, 1.807) is 6.08 Å². The lowest BCUT2D eigenvalue weighted by Gasteiger charge is -2.22. The molecule has 1 aliphatic rings. The Labute approximate surface area is 183 Å². The smallest absolute Gasteiger partial charge is 0.303 e. The topological polar surface area (TPSA) is 82.8 Å². The van der Waals surface area contributed by atoms with E-state index in [9.17, 15) is 14.7 Å². The molecule has 2 aromatic rings. The number of carbonyl (C=O) groups excluding carboxylic acids is 1. The van der Waals surface area contributed by atoms with Crippen molar-refractivity contribution in [3.63, 3.8) is 0 Å². The van der Waals surface area contributed by atoms with Crippen LogP contribution in [-0.2, 0) is 16.1 Å². The molecule has 1 fully saturated rings. The van der Waals surface area contributed by atoms with Crippen LogP contribution in [0.1, 0.15) is 62.2 Å². The number of aliphatic hydroxyl groups excluding tert-OH is 1. The first-order valence-corrected chi connectivity index (χ1v) is 11.1. The van der Waals surface area contributed by atoms with Gasteiger partial charge in [-0.2, -0.15) is 0 Å². The standard InChI is InChI=1S/C25H32N2O4/c28-23(21-9-7-8-20(18-21)19-26-15-5-6-16-26)13-11-22-12-14-24(29)27(22)17-4-2-1-3-10-25(30)31/h5-9,11,13,15-16,18,22-23,28H,1-4,10,12,14,17,19H2,(H,30,31). The number of hydrogen-bond acceptors (Lipinski definition) is 3. The highest BCUT2D eigenvalue weighted by Crippen LogP contribution is 2.23. The van der Waals surface area contributed by atoms with Gasteiger partial charge in [0.25, 0.3) is 0 Å². The molecule has 2 heterocycles. The van der Waals surface area contributed by atoms with Gasteiger partial charge in [0.1, 0.15) is 0 Å². The molecule has 1 amide bonds. The highest BCUT2D eigenvalue weighted by molar-refractivity contribution is 5.79. The second-order valence-corrected chi connectivity index (χ2v) is 8.18. The maximum atomic E-state index is 12.3. The summed E-state index contributed by atoms with van der Waals surface area (Å²) in [4.78, 5) is 24.7. The molecule has 0 radical (unpaired) electrons. The number of carboxylic acid groups (broad SMARTS) is 1. The quantitative estimate of drug-likeness (QED) is 0.396. The average molecular weight is 425 g/mol. The van der Waals surface area contributed by atoms with Crippen molar-refractivity contribution in [1.29, 1.82) is 0 Å². The van der Waals surface area contributed by atoms with Gasteiger partial charge in [-0.05, 0) is 42.5 Å². The van der Waals surface area contributed by atoms with Crippen molar-refractivity contribution >= 4 is 11.9 Å². The van der Waals surface area contributed by atoms with Crippen molar-refractivity contribution in [3.8, 4) is 0 Å². The lowest BCUT2D eigenvalue weighted by atomic mass is 10.0. The second-order valence-electron chi connectivity index (χ2n) is 8.18. The average Bonchev–Trinajstić information content (AvgIpc) is 3.38. The number of rotatable bonds is 12. The lowest BCUT2D eigenvalue weighted by molar-refractivity contribution is -0.137. The zero-order chi connectivity index (χ0) is 22.1. The molecule has 1 aromatic carbocycles. The van der Waals surface area contributed by atoms with E-state index in [2.05, 4.69) is 4.57 Å². The van der Waals surface area contributed by atoms with E-state index in [-0.39, 0.29) is 18.4 Å². The zero-order valence-electron chi connectivity index (χ0n) is 17.9. The van der Waals surface area contributed by atoms with Crippen LogP contribution in [0.2, 0.25) is 0 Å². The highest BCUT2D eigenvalue weighted by atomic mass is 16.4. The minimum absolute atomic E-state index is 0.0178. The predicted molar refractivity (Wildman–Crippen MR) is 120 cm³/mol. The molecule has 2 unspecified atom stereocenters. The van der Waals surface area contributed by atoms with Crippen LogP contribution >= 0.6 is 0 Å². The van der Waals surface area contributed by atoms with Gasteiger partial charge in [0.15, 0.2) is 0 Å². The summed E-state index contributed by atoms with van der Waals surface area (Å²) in [6.45, 7) is 1.44. The zero-order valence-corrected chi connectivity index (χ0v) is 17.9. The molecule has 0 saturated carbocycles. The fourth-order valence-electron chi connectivity index (χ4n) is 4.06. The number of aromatic nitrogens is 1. The first kappa shape index (κ1) is 22.8. The largest absolute Gasteiger partial charge is 0.481 e. The van der Waals surface area contributed by atoms with E-state index in [0.29, 0.717) is 19.4 Å². The first-order valence-electron chi connectivity index (χ1n) is 11.1. The predicted octanol–water partition coefficient (Wildman–Crippen LogP) is 4.15. The van der Waals surface area contributed by atoms with Gasteiger partial charge in [0.05, 0.1) is 12.1 Å². The minimum atomic E-state index is -0.756. The Morgan fingerprint density at radius 3 is 2.68 bits per heavy atom. The lowest BCUT2D eigenvalue weighted by Crippen LogP contribution is -2.32. The maximum absolute atomic E-state index is 12.3. The van der Waals surface area contributed by atoms with Gasteiger partial charge in [-0.15, -0.1) is 0 Å². The molecule has 3 rings (SSSR count). The molecule has 1 aliphatic heterocycles. The van der Waals surface area contributed by atoms with Crippen LogP contribution in [0.4, 0.5) is 0 Å². The fourth-order valence-corrected chi connectivity index (χ4v) is 4.06. The Kier molecular flexibility index (Phi) is 8.47. The summed E-state index contributed by atoms with van der Waals surface area (Å²) >= 11 is 0. The van der Waals surface area contributed by atoms with Gasteiger partial charge < -0.3 is 19.7 Å². The molecule has 6 heteroatoms. The molecular weight excluding hydrogens is 392 g/mol. The van der Waals surface area contributed by atoms with Crippen LogP contribution in [0.3, 0.4) is 0 Å². The Morgan fingerprint density at radius 1 is 1.13 bits per heavy atom. The minimum Gasteiger partial charge on any atom is -0.481 e. The molecular formula is C25H32N2O4. The number of nitrogens with zero attached hydrogens (tertiary/aromatic N) is 2. The molecule has 2 atom stereocenters. The van der Waals surface area contributed by atoms with Crippen LogP contribution in [0.5, 0.6) is 0 Å². The van der Waals surface area contributed by atoms with Crippen molar-refractivity contribution in [2.75, 3.05) is 6.54 Å². The summed E-state index contributed by atoms with van der Waals surface area (Å²) in [6.07, 6.45) is 11.9. The number of carbonyl (C=O) groups is 2. The third-order valence-electron chi connectivity index (χ3n) is 5.75. The van der Waals surface area contributed by atoms with Gasteiger partial charge in [0.2, 0.25) is 5.91 Å². The molecule has 0 bridgehead atoms. The van der Waals surface area contributed by atoms with Crippen molar-refractivity contribution in [2.45, 2.75) is 63.6 Å². The normalized spacial score (nSPS) is 17.5. The van der Waals surface area contributed by atoms with E-state index >= 15 is 0 Å². The number of amides is 1. The molecule has 31 heavy (non-hydrogen) atoms. The summed E-state index contributed by atoms with van der Waals surface area (Å²) in [5.74, 6) is -0.600. The van der Waals surface area contributed by atoms with Crippen molar-refractivity contribution in [2.24, 2.45) is 0 Å². The van der Waals surface area contributed by atoms with Gasteiger partial charge >= 0.3 is 5.97 Å². The highest BCUT2D eigenvalue weighted by Gasteiger charge is 2.28. The number of carboxylic acids is 1. The first-order chi connectivity index (χ1) is 15.0. The summed E-state index contributed by atoms with van der Waals surface area (Å²) < 4.78 is 2.09. The SMILES string of the molecule is O=C(O)CCCCCCN1C(=O)CCC1C=CC(O)c1cccc(Cn2cccc2)c1. The van der Waals surface area contributed by atoms with E-state index in [4.69, 9.17) is 5.11 Å². The summed E-state index contributed by atoms with van der Waals surface area (Å²) in [6, 6.07) is 11.9. The number of benzene rings is 1. The van der Waals surface area contributed by atoms with Crippen LogP contribution < -0.4 is 0 Å². The third kappa shape index (κ3) is 7.10. The van der Waals surface area contributed by atoms with Crippen LogP contribution in [0.15, 0.2) is 60.9 Å². The van der Waals surface area contributed by atoms with Crippen LogP contribution in [-0.4, -0.2) is 44.1 Å². The molecule has 0 spiro atoms. The molecule has 1 saturated heterocycles. The van der Waals surface area contributed by atoms with Gasteiger partial charge in [-0.3, -0.25) is 9.59 Å². The van der Waals surface area contributed by atoms with Crippen LogP contribution in [0, 0.1) is 0 Å². The summed E-state index contributed by atoms with van der Waals surface area (Å²) in [7, 11) is 0. The number of unbranched alkanes of at least 4 members (excludes halogenated alkanes) is 3. The second kappa shape index (κ2) is 11.5. The van der Waals surface area contributed by atoms with E-state index in [1.165, 1.54) is 0 Å². The summed E-state index contributed by atoms with van der Waals surface area (Å²) in [5, 5.41) is 19.3. The Morgan fingerprint density at radius 2 is 1.90 bits per heavy atom. The third-order valence-corrected chi connectivity index (χ3v) is 5.75. The van der Waals surface area contributed by atoms with E-state index < -0.39 is 12.1 Å². The Bertz CT molecular complexity index is 875. The van der Waals surface area contributed by atoms with Crippen molar-refractivity contribution in [3.05, 3.63) is 72.1 Å². The van der Waals surface area contributed by atoms with Gasteiger partial charge in [-0.25, -0.2) is 0 Å².